The maximum Gasteiger partial charge on any atom is 0.253 e. The van der Waals surface area contributed by atoms with Crippen molar-refractivity contribution in [3.63, 3.8) is 0 Å². The summed E-state index contributed by atoms with van der Waals surface area (Å²) in [6.07, 6.45) is 2.97. The summed E-state index contributed by atoms with van der Waals surface area (Å²) in [7, 11) is 0. The Labute approximate surface area is 110 Å². The lowest BCUT2D eigenvalue weighted by molar-refractivity contribution is 0.0956. The highest BCUT2D eigenvalue weighted by Gasteiger charge is 2.13. The zero-order chi connectivity index (χ0) is 13.0. The number of carbonyl (C=O) groups is 1. The third-order valence-electron chi connectivity index (χ3n) is 2.83. The maximum absolute atomic E-state index is 13.2. The van der Waals surface area contributed by atoms with Crippen LogP contribution < -0.4 is 10.6 Å². The average molecular weight is 269 g/mol. The molecule has 96 valence electrons. The molecule has 0 saturated carbocycles. The summed E-state index contributed by atoms with van der Waals surface area (Å²) in [6.45, 7) is 2.22. The molecule has 1 aliphatic heterocycles. The summed E-state index contributed by atoms with van der Waals surface area (Å²) in [5, 5.41) is 5.81. The van der Waals surface area contributed by atoms with E-state index in [2.05, 4.69) is 16.7 Å². The predicted molar refractivity (Wildman–Crippen MR) is 69.3 cm³/mol. The van der Waals surface area contributed by atoms with Gasteiger partial charge in [-0.1, -0.05) is 29.3 Å². The van der Waals surface area contributed by atoms with Crippen molar-refractivity contribution in [3.05, 3.63) is 46.3 Å². The number of amides is 1. The Hall–Kier alpha value is -1.39. The van der Waals surface area contributed by atoms with E-state index in [1.165, 1.54) is 23.8 Å². The zero-order valence-corrected chi connectivity index (χ0v) is 10.6. The van der Waals surface area contributed by atoms with E-state index < -0.39 is 5.82 Å². The van der Waals surface area contributed by atoms with Gasteiger partial charge in [0.1, 0.15) is 5.82 Å². The highest BCUT2D eigenvalue weighted by atomic mass is 35.5. The number of halogens is 2. The van der Waals surface area contributed by atoms with E-state index in [1.807, 2.05) is 0 Å². The molecule has 0 atom stereocenters. The second-order valence-corrected chi connectivity index (χ2v) is 4.48. The van der Waals surface area contributed by atoms with Crippen molar-refractivity contribution >= 4 is 17.5 Å². The van der Waals surface area contributed by atoms with E-state index in [0.29, 0.717) is 6.54 Å². The molecule has 3 nitrogen and oxygen atoms in total. The summed E-state index contributed by atoms with van der Waals surface area (Å²) in [5.74, 6) is -0.927. The molecule has 5 heteroatoms. The van der Waals surface area contributed by atoms with Crippen LogP contribution in [0.5, 0.6) is 0 Å². The van der Waals surface area contributed by atoms with Crippen LogP contribution in [0.15, 0.2) is 29.8 Å². The van der Waals surface area contributed by atoms with Gasteiger partial charge in [-0.15, -0.1) is 0 Å². The number of nitrogens with one attached hydrogen (secondary N) is 2. The van der Waals surface area contributed by atoms with Crippen LogP contribution in [0.2, 0.25) is 5.02 Å². The minimum atomic E-state index is -0.578. The van der Waals surface area contributed by atoms with Crippen molar-refractivity contribution in [2.24, 2.45) is 0 Å². The van der Waals surface area contributed by atoms with Crippen LogP contribution in [0.25, 0.3) is 0 Å². The van der Waals surface area contributed by atoms with E-state index >= 15 is 0 Å². The molecular weight excluding hydrogens is 255 g/mol. The summed E-state index contributed by atoms with van der Waals surface area (Å²) < 4.78 is 13.2. The molecule has 2 rings (SSSR count). The molecule has 2 N–H and O–H groups in total. The summed E-state index contributed by atoms with van der Waals surface area (Å²) >= 11 is 5.75. The number of benzene rings is 1. The molecule has 0 saturated heterocycles. The second kappa shape index (κ2) is 5.98. The lowest BCUT2D eigenvalue weighted by Gasteiger charge is -2.14. The van der Waals surface area contributed by atoms with E-state index in [0.717, 1.165) is 19.5 Å². The lowest BCUT2D eigenvalue weighted by Crippen LogP contribution is -2.29. The number of rotatable bonds is 3. The Morgan fingerprint density at radius 3 is 3.06 bits per heavy atom. The number of hydrogen-bond donors (Lipinski definition) is 2. The zero-order valence-electron chi connectivity index (χ0n) is 9.80. The molecule has 0 radical (unpaired) electrons. The molecule has 0 aliphatic carbocycles. The second-order valence-electron chi connectivity index (χ2n) is 4.10. The quantitative estimate of drug-likeness (QED) is 0.825. The Balaban J connectivity index is 1.99. The smallest absolute Gasteiger partial charge is 0.253 e. The molecule has 0 spiro atoms. The fourth-order valence-electron chi connectivity index (χ4n) is 1.80. The molecule has 0 fully saturated rings. The Kier molecular flexibility index (Phi) is 4.33. The molecule has 1 aromatic rings. The number of carbonyl (C=O) groups excluding carboxylic acids is 1. The lowest BCUT2D eigenvalue weighted by atomic mass is 10.1. The van der Waals surface area contributed by atoms with E-state index in [4.69, 9.17) is 11.6 Å². The average Bonchev–Trinajstić information content (AvgIpc) is 2.40. The third kappa shape index (κ3) is 3.09. The molecule has 18 heavy (non-hydrogen) atoms. The highest BCUT2D eigenvalue weighted by Crippen LogP contribution is 2.19. The molecule has 0 bridgehead atoms. The van der Waals surface area contributed by atoms with Gasteiger partial charge in [0, 0.05) is 13.1 Å². The van der Waals surface area contributed by atoms with Crippen LogP contribution in [0.1, 0.15) is 16.8 Å². The highest BCUT2D eigenvalue weighted by molar-refractivity contribution is 6.34. The Morgan fingerprint density at radius 1 is 1.50 bits per heavy atom. The van der Waals surface area contributed by atoms with Crippen LogP contribution in [-0.2, 0) is 0 Å². The van der Waals surface area contributed by atoms with E-state index in [-0.39, 0.29) is 16.5 Å². The summed E-state index contributed by atoms with van der Waals surface area (Å²) in [5.41, 5.74) is 1.35. The maximum atomic E-state index is 13.2. The van der Waals surface area contributed by atoms with Gasteiger partial charge in [0.2, 0.25) is 0 Å². The molecule has 1 aliphatic rings. The first-order valence-electron chi connectivity index (χ1n) is 5.79. The minimum absolute atomic E-state index is 0.130. The Morgan fingerprint density at radius 2 is 2.33 bits per heavy atom. The fourth-order valence-corrected chi connectivity index (χ4v) is 2.01. The van der Waals surface area contributed by atoms with Gasteiger partial charge in [-0.2, -0.15) is 0 Å². The van der Waals surface area contributed by atoms with Crippen molar-refractivity contribution in [1.82, 2.24) is 10.6 Å². The van der Waals surface area contributed by atoms with Gasteiger partial charge < -0.3 is 10.6 Å². The van der Waals surface area contributed by atoms with Gasteiger partial charge in [0.25, 0.3) is 5.91 Å². The first kappa shape index (κ1) is 13.1. The molecule has 1 heterocycles. The van der Waals surface area contributed by atoms with Gasteiger partial charge in [0.15, 0.2) is 0 Å². The summed E-state index contributed by atoms with van der Waals surface area (Å²) in [4.78, 5) is 11.9. The van der Waals surface area contributed by atoms with E-state index in [1.54, 1.807) is 0 Å². The Bertz CT molecular complexity index is 488. The van der Waals surface area contributed by atoms with Gasteiger partial charge in [-0.25, -0.2) is 4.39 Å². The topological polar surface area (TPSA) is 41.1 Å². The van der Waals surface area contributed by atoms with Crippen molar-refractivity contribution in [2.45, 2.75) is 6.42 Å². The van der Waals surface area contributed by atoms with Gasteiger partial charge in [-0.05, 0) is 25.1 Å². The fraction of sp³-hybridized carbons (Fsp3) is 0.308. The van der Waals surface area contributed by atoms with Gasteiger partial charge in [0.05, 0.1) is 10.6 Å². The van der Waals surface area contributed by atoms with Crippen molar-refractivity contribution in [3.8, 4) is 0 Å². The van der Waals surface area contributed by atoms with Gasteiger partial charge in [-0.3, -0.25) is 4.79 Å². The minimum Gasteiger partial charge on any atom is -0.348 e. The number of hydrogen-bond acceptors (Lipinski definition) is 2. The predicted octanol–water partition coefficient (Wildman–Crippen LogP) is 2.13. The van der Waals surface area contributed by atoms with Crippen LogP contribution in [0.4, 0.5) is 4.39 Å². The standard InChI is InChI=1S/C13H14ClFN2O/c14-12-10(2-1-3-11(12)15)13(18)17-8-9-4-6-16-7-5-9/h1-4,16H,5-8H2,(H,17,18). The SMILES string of the molecule is O=C(NCC1=CCNCC1)c1cccc(F)c1Cl. The van der Waals surface area contributed by atoms with Crippen LogP contribution in [-0.4, -0.2) is 25.5 Å². The third-order valence-corrected chi connectivity index (χ3v) is 3.21. The van der Waals surface area contributed by atoms with Crippen LogP contribution >= 0.6 is 11.6 Å². The first-order valence-corrected chi connectivity index (χ1v) is 6.17. The molecule has 1 amide bonds. The normalized spacial score (nSPS) is 15.1. The van der Waals surface area contributed by atoms with E-state index in [9.17, 15) is 9.18 Å². The molecule has 0 unspecified atom stereocenters. The largest absolute Gasteiger partial charge is 0.348 e. The molecule has 0 aromatic heterocycles. The van der Waals surface area contributed by atoms with Crippen molar-refractivity contribution < 1.29 is 9.18 Å². The van der Waals surface area contributed by atoms with Crippen LogP contribution in [0, 0.1) is 5.82 Å². The van der Waals surface area contributed by atoms with Gasteiger partial charge >= 0.3 is 0 Å². The molecular formula is C13H14ClFN2O. The summed E-state index contributed by atoms with van der Waals surface area (Å²) in [6, 6.07) is 4.21. The van der Waals surface area contributed by atoms with Crippen molar-refractivity contribution in [2.75, 3.05) is 19.6 Å². The molecule has 1 aromatic carbocycles. The monoisotopic (exact) mass is 268 g/mol. The van der Waals surface area contributed by atoms with Crippen LogP contribution in [0.3, 0.4) is 0 Å². The van der Waals surface area contributed by atoms with Crippen molar-refractivity contribution in [1.29, 1.82) is 0 Å². The first-order chi connectivity index (χ1) is 8.68.